The third-order valence-electron chi connectivity index (χ3n) is 3.66. The van der Waals surface area contributed by atoms with Gasteiger partial charge in [0.05, 0.1) is 7.11 Å². The van der Waals surface area contributed by atoms with Crippen LogP contribution in [0.4, 0.5) is 0 Å². The van der Waals surface area contributed by atoms with E-state index >= 15 is 0 Å². The molecule has 0 atom stereocenters. The number of aryl methyl sites for hydroxylation is 1. The maximum atomic E-state index is 5.61. The number of ether oxygens (including phenoxy) is 1. The Balaban J connectivity index is 2.49. The van der Waals surface area contributed by atoms with E-state index < -0.39 is 8.07 Å². The van der Waals surface area contributed by atoms with Gasteiger partial charge in [0.2, 0.25) is 0 Å². The predicted molar refractivity (Wildman–Crippen MR) is 76.7 cm³/mol. The first-order chi connectivity index (χ1) is 8.07. The van der Waals surface area contributed by atoms with E-state index in [1.54, 1.807) is 12.3 Å². The highest BCUT2D eigenvalue weighted by Gasteiger charge is 2.31. The van der Waals surface area contributed by atoms with Gasteiger partial charge in [0, 0.05) is 0 Å². The first-order valence-electron chi connectivity index (χ1n) is 6.07. The van der Waals surface area contributed by atoms with Crippen LogP contribution in [0, 0.1) is 6.92 Å². The molecule has 0 heterocycles. The number of methoxy groups -OCH3 is 1. The second kappa shape index (κ2) is 4.53. The average Bonchev–Trinajstić information content (AvgIpc) is 2.82. The first-order valence-corrected chi connectivity index (χ1v) is 9.07. The van der Waals surface area contributed by atoms with Gasteiger partial charge in [-0.3, -0.25) is 0 Å². The molecular weight excluding hydrogens is 224 g/mol. The summed E-state index contributed by atoms with van der Waals surface area (Å²) in [6, 6.07) is 6.50. The summed E-state index contributed by atoms with van der Waals surface area (Å²) in [5.41, 5.74) is 1.23. The summed E-state index contributed by atoms with van der Waals surface area (Å²) in [6.45, 7) is 6.93. The van der Waals surface area contributed by atoms with Crippen LogP contribution < -0.4 is 9.92 Å². The zero-order valence-electron chi connectivity index (χ0n) is 11.1. The minimum absolute atomic E-state index is 1.08. The Kier molecular flexibility index (Phi) is 3.25. The highest BCUT2D eigenvalue weighted by atomic mass is 28.3. The van der Waals surface area contributed by atoms with Gasteiger partial charge >= 0.3 is 0 Å². The summed E-state index contributed by atoms with van der Waals surface area (Å²) in [7, 11) is 0.206. The molecular formula is C15H20OSi. The first kappa shape index (κ1) is 12.2. The molecule has 2 heteroatoms. The van der Waals surface area contributed by atoms with E-state index in [4.69, 9.17) is 4.74 Å². The van der Waals surface area contributed by atoms with Crippen LogP contribution in [0.5, 0.6) is 5.75 Å². The van der Waals surface area contributed by atoms with Crippen LogP contribution in [0.3, 0.4) is 0 Å². The largest absolute Gasteiger partial charge is 0.497 e. The van der Waals surface area contributed by atoms with Gasteiger partial charge in [0.25, 0.3) is 0 Å². The zero-order valence-corrected chi connectivity index (χ0v) is 12.1. The molecule has 0 amide bonds. The van der Waals surface area contributed by atoms with Crippen molar-refractivity contribution in [2.45, 2.75) is 26.4 Å². The molecule has 1 aromatic carbocycles. The normalized spacial score (nSPS) is 14.9. The van der Waals surface area contributed by atoms with E-state index in [2.05, 4.69) is 56.4 Å². The van der Waals surface area contributed by atoms with Crippen molar-refractivity contribution in [3.8, 4) is 5.75 Å². The highest BCUT2D eigenvalue weighted by Crippen LogP contribution is 2.27. The Hall–Kier alpha value is -1.28. The molecule has 0 N–H and O–H groups in total. The van der Waals surface area contributed by atoms with Gasteiger partial charge < -0.3 is 4.74 Å². The SMILES string of the molecule is COc1c(C)cccc1[Si](C)(C)C1=CC=CC1. The van der Waals surface area contributed by atoms with E-state index in [1.165, 1.54) is 10.8 Å². The fourth-order valence-electron chi connectivity index (χ4n) is 2.50. The van der Waals surface area contributed by atoms with E-state index in [9.17, 15) is 0 Å². The minimum atomic E-state index is -1.57. The lowest BCUT2D eigenvalue weighted by atomic mass is 10.2. The molecule has 1 nitrogen and oxygen atoms in total. The van der Waals surface area contributed by atoms with Crippen molar-refractivity contribution in [1.29, 1.82) is 0 Å². The van der Waals surface area contributed by atoms with Crippen molar-refractivity contribution in [3.63, 3.8) is 0 Å². The van der Waals surface area contributed by atoms with Gasteiger partial charge in [-0.1, -0.05) is 54.7 Å². The molecule has 90 valence electrons. The number of benzene rings is 1. The molecule has 0 saturated heterocycles. The summed E-state index contributed by atoms with van der Waals surface area (Å²) in [5, 5.41) is 3.00. The number of hydrogen-bond acceptors (Lipinski definition) is 1. The van der Waals surface area contributed by atoms with Crippen LogP contribution >= 0.6 is 0 Å². The highest BCUT2D eigenvalue weighted by molar-refractivity contribution is 6.96. The monoisotopic (exact) mass is 244 g/mol. The minimum Gasteiger partial charge on any atom is -0.497 e. The van der Waals surface area contributed by atoms with Gasteiger partial charge in [0.15, 0.2) is 0 Å². The Bertz CT molecular complexity index is 484. The Morgan fingerprint density at radius 3 is 2.59 bits per heavy atom. The molecule has 0 fully saturated rings. The van der Waals surface area contributed by atoms with E-state index in [0.29, 0.717) is 0 Å². The third kappa shape index (κ3) is 2.09. The molecule has 17 heavy (non-hydrogen) atoms. The predicted octanol–water partition coefficient (Wildman–Crippen LogP) is 3.34. The molecule has 1 aliphatic rings. The van der Waals surface area contributed by atoms with Crippen LogP contribution in [0.1, 0.15) is 12.0 Å². The lowest BCUT2D eigenvalue weighted by Crippen LogP contribution is -2.44. The van der Waals surface area contributed by atoms with E-state index in [-0.39, 0.29) is 0 Å². The molecule has 0 aliphatic heterocycles. The molecule has 0 saturated carbocycles. The molecule has 2 rings (SSSR count). The van der Waals surface area contributed by atoms with Crippen LogP contribution in [0.25, 0.3) is 0 Å². The van der Waals surface area contributed by atoms with Gasteiger partial charge in [-0.2, -0.15) is 0 Å². The van der Waals surface area contributed by atoms with E-state index in [1.807, 2.05) is 0 Å². The van der Waals surface area contributed by atoms with Crippen LogP contribution in [0.2, 0.25) is 13.1 Å². The van der Waals surface area contributed by atoms with Gasteiger partial charge in [-0.25, -0.2) is 0 Å². The summed E-state index contributed by atoms with van der Waals surface area (Å²) in [6.07, 6.45) is 7.81. The fourth-order valence-corrected chi connectivity index (χ4v) is 5.37. The fraction of sp³-hybridized carbons (Fsp3) is 0.333. The quantitative estimate of drug-likeness (QED) is 0.741. The summed E-state index contributed by atoms with van der Waals surface area (Å²) in [5.74, 6) is 1.08. The molecule has 0 aromatic heterocycles. The van der Waals surface area contributed by atoms with Crippen molar-refractivity contribution in [1.82, 2.24) is 0 Å². The molecule has 0 bridgehead atoms. The maximum absolute atomic E-state index is 5.61. The number of para-hydroxylation sites is 1. The zero-order chi connectivity index (χ0) is 12.5. The smallest absolute Gasteiger partial charge is 0.121 e. The number of allylic oxidation sites excluding steroid dienone is 4. The van der Waals surface area contributed by atoms with Crippen molar-refractivity contribution in [3.05, 3.63) is 47.2 Å². The van der Waals surface area contributed by atoms with Crippen molar-refractivity contribution in [2.75, 3.05) is 7.11 Å². The Labute approximate surface area is 105 Å². The lowest BCUT2D eigenvalue weighted by molar-refractivity contribution is 0.415. The average molecular weight is 244 g/mol. The van der Waals surface area contributed by atoms with Crippen molar-refractivity contribution < 1.29 is 4.74 Å². The Morgan fingerprint density at radius 1 is 1.24 bits per heavy atom. The molecule has 0 unspecified atom stereocenters. The summed E-state index contributed by atoms with van der Waals surface area (Å²) in [4.78, 5) is 0. The third-order valence-corrected chi connectivity index (χ3v) is 7.38. The second-order valence-electron chi connectivity index (χ2n) is 5.10. The van der Waals surface area contributed by atoms with Gasteiger partial charge in [0.1, 0.15) is 13.8 Å². The lowest BCUT2D eigenvalue weighted by Gasteiger charge is -2.27. The summed E-state index contributed by atoms with van der Waals surface area (Å²) < 4.78 is 5.61. The number of hydrogen-bond donors (Lipinski definition) is 0. The number of rotatable bonds is 3. The maximum Gasteiger partial charge on any atom is 0.121 e. The molecule has 1 aliphatic carbocycles. The van der Waals surface area contributed by atoms with Gasteiger partial charge in [-0.15, -0.1) is 0 Å². The van der Waals surface area contributed by atoms with Crippen LogP contribution in [0.15, 0.2) is 41.6 Å². The van der Waals surface area contributed by atoms with Crippen LogP contribution in [-0.4, -0.2) is 15.2 Å². The molecule has 0 spiro atoms. The summed E-state index contributed by atoms with van der Waals surface area (Å²) >= 11 is 0. The standard InChI is InChI=1S/C15H20OSi/c1-12-8-7-11-14(15(12)16-2)17(3,4)13-9-5-6-10-13/h5-9,11H,10H2,1-4H3. The molecule has 1 aromatic rings. The van der Waals surface area contributed by atoms with Crippen LogP contribution in [-0.2, 0) is 0 Å². The molecule has 0 radical (unpaired) electrons. The second-order valence-corrected chi connectivity index (χ2v) is 9.54. The topological polar surface area (TPSA) is 9.23 Å². The Morgan fingerprint density at radius 2 is 2.00 bits per heavy atom. The van der Waals surface area contributed by atoms with Crippen molar-refractivity contribution >= 4 is 13.3 Å². The van der Waals surface area contributed by atoms with Gasteiger partial charge in [-0.05, 0) is 24.1 Å². The van der Waals surface area contributed by atoms with Crippen molar-refractivity contribution in [2.24, 2.45) is 0 Å². The van der Waals surface area contributed by atoms with E-state index in [0.717, 1.165) is 12.2 Å².